The van der Waals surface area contributed by atoms with Gasteiger partial charge in [-0.1, -0.05) is 23.7 Å². The van der Waals surface area contributed by atoms with Crippen LogP contribution in [0, 0.1) is 0 Å². The van der Waals surface area contributed by atoms with Crippen molar-refractivity contribution in [1.82, 2.24) is 0 Å². The highest BCUT2D eigenvalue weighted by Gasteiger charge is 2.33. The zero-order valence-electron chi connectivity index (χ0n) is 8.31. The second-order valence-corrected chi connectivity index (χ2v) is 3.59. The second kappa shape index (κ2) is 4.70. The highest BCUT2D eigenvalue weighted by atomic mass is 35.5. The van der Waals surface area contributed by atoms with Crippen LogP contribution < -0.4 is 0 Å². The lowest BCUT2D eigenvalue weighted by Gasteiger charge is -2.09. The smallest absolute Gasteiger partial charge is 0.295 e. The molecule has 0 aliphatic carbocycles. The van der Waals surface area contributed by atoms with Crippen LogP contribution >= 0.6 is 11.6 Å². The lowest BCUT2D eigenvalue weighted by molar-refractivity contribution is -0.137. The Balaban J connectivity index is 3.13. The van der Waals surface area contributed by atoms with E-state index in [1.54, 1.807) is 0 Å². The average Bonchev–Trinajstić information content (AvgIpc) is 2.14. The first kappa shape index (κ1) is 12.8. The van der Waals surface area contributed by atoms with Crippen molar-refractivity contribution < 1.29 is 18.0 Å². The van der Waals surface area contributed by atoms with E-state index in [0.29, 0.717) is 0 Å². The average molecular weight is 249 g/mol. The van der Waals surface area contributed by atoms with Gasteiger partial charge in [-0.3, -0.25) is 4.79 Å². The minimum Gasteiger partial charge on any atom is -0.295 e. The van der Waals surface area contributed by atoms with E-state index in [9.17, 15) is 18.0 Å². The van der Waals surface area contributed by atoms with Gasteiger partial charge in [0.2, 0.25) is 0 Å². The minimum atomic E-state index is -4.49. The standard InChI is InChI=1S/C11H8ClF3O/c1-7(16)2-3-8-4-5-10(12)9(6-8)11(13,14)15/h2-6H,1H3/b3-2+. The molecule has 1 aromatic rings. The number of hydrogen-bond donors (Lipinski definition) is 0. The number of carbonyl (C=O) groups is 1. The third-order valence-corrected chi connectivity index (χ3v) is 2.14. The van der Waals surface area contributed by atoms with Gasteiger partial charge in [-0.15, -0.1) is 0 Å². The molecule has 1 nitrogen and oxygen atoms in total. The molecule has 0 aliphatic rings. The fraction of sp³-hybridized carbons (Fsp3) is 0.182. The van der Waals surface area contributed by atoms with Crippen molar-refractivity contribution in [3.05, 3.63) is 40.4 Å². The summed E-state index contributed by atoms with van der Waals surface area (Å²) >= 11 is 5.43. The van der Waals surface area contributed by atoms with E-state index >= 15 is 0 Å². The Bertz CT molecular complexity index is 435. The quantitative estimate of drug-likeness (QED) is 0.724. The first-order valence-electron chi connectivity index (χ1n) is 4.36. The third-order valence-electron chi connectivity index (χ3n) is 1.81. The number of allylic oxidation sites excluding steroid dienone is 1. The molecular formula is C11H8ClF3O. The molecule has 0 unspecified atom stereocenters. The highest BCUT2D eigenvalue weighted by Crippen LogP contribution is 2.35. The molecule has 0 atom stereocenters. The van der Waals surface area contributed by atoms with Gasteiger partial charge in [-0.05, 0) is 30.7 Å². The predicted molar refractivity (Wildman–Crippen MR) is 56.2 cm³/mol. The van der Waals surface area contributed by atoms with Crippen LogP contribution in [0.5, 0.6) is 0 Å². The van der Waals surface area contributed by atoms with Crippen LogP contribution in [0.25, 0.3) is 6.08 Å². The molecule has 1 aromatic carbocycles. The Hall–Kier alpha value is -1.29. The van der Waals surface area contributed by atoms with Crippen molar-refractivity contribution in [2.75, 3.05) is 0 Å². The lowest BCUT2D eigenvalue weighted by Crippen LogP contribution is -2.05. The Morgan fingerprint density at radius 2 is 2.00 bits per heavy atom. The van der Waals surface area contributed by atoms with Crippen LogP contribution in [0.1, 0.15) is 18.1 Å². The molecule has 0 fully saturated rings. The maximum atomic E-state index is 12.5. The molecule has 0 heterocycles. The molecule has 0 radical (unpaired) electrons. The Morgan fingerprint density at radius 3 is 2.50 bits per heavy atom. The Labute approximate surface area is 95.5 Å². The van der Waals surface area contributed by atoms with Crippen LogP contribution in [-0.2, 0) is 11.0 Å². The van der Waals surface area contributed by atoms with Gasteiger partial charge in [0.1, 0.15) is 0 Å². The second-order valence-electron chi connectivity index (χ2n) is 3.18. The van der Waals surface area contributed by atoms with Gasteiger partial charge in [0.25, 0.3) is 0 Å². The first-order valence-corrected chi connectivity index (χ1v) is 4.74. The normalized spacial score (nSPS) is 12.1. The zero-order valence-corrected chi connectivity index (χ0v) is 9.06. The minimum absolute atomic E-state index is 0.233. The predicted octanol–water partition coefficient (Wildman–Crippen LogP) is 3.96. The molecule has 5 heteroatoms. The fourth-order valence-corrected chi connectivity index (χ4v) is 1.30. The van der Waals surface area contributed by atoms with Crippen molar-refractivity contribution >= 4 is 23.5 Å². The van der Waals surface area contributed by atoms with Gasteiger partial charge >= 0.3 is 6.18 Å². The van der Waals surface area contributed by atoms with Crippen molar-refractivity contribution in [3.8, 4) is 0 Å². The van der Waals surface area contributed by atoms with E-state index in [4.69, 9.17) is 11.6 Å². The van der Waals surface area contributed by atoms with Crippen LogP contribution in [0.3, 0.4) is 0 Å². The number of benzene rings is 1. The number of alkyl halides is 3. The molecule has 0 N–H and O–H groups in total. The van der Waals surface area contributed by atoms with E-state index in [1.807, 2.05) is 0 Å². The van der Waals surface area contributed by atoms with Crippen LogP contribution in [0.4, 0.5) is 13.2 Å². The molecule has 0 aromatic heterocycles. The number of carbonyl (C=O) groups excluding carboxylic acids is 1. The van der Waals surface area contributed by atoms with E-state index in [0.717, 1.165) is 12.1 Å². The number of rotatable bonds is 2. The number of ketones is 1. The Morgan fingerprint density at radius 1 is 1.38 bits per heavy atom. The lowest BCUT2D eigenvalue weighted by atomic mass is 10.1. The molecule has 0 saturated heterocycles. The van der Waals surface area contributed by atoms with Crippen LogP contribution in [0.15, 0.2) is 24.3 Å². The molecule has 0 bridgehead atoms. The summed E-state index contributed by atoms with van der Waals surface area (Å²) in [6.45, 7) is 1.32. The zero-order chi connectivity index (χ0) is 12.3. The first-order chi connectivity index (χ1) is 7.30. The monoisotopic (exact) mass is 248 g/mol. The summed E-state index contributed by atoms with van der Waals surface area (Å²) in [6, 6.07) is 3.48. The Kier molecular flexibility index (Phi) is 3.75. The maximum Gasteiger partial charge on any atom is 0.417 e. The van der Waals surface area contributed by atoms with E-state index in [1.165, 1.54) is 25.1 Å². The summed E-state index contributed by atoms with van der Waals surface area (Å²) in [5.74, 6) is -0.233. The number of halogens is 4. The van der Waals surface area contributed by atoms with Gasteiger partial charge in [0.05, 0.1) is 10.6 Å². The summed E-state index contributed by atoms with van der Waals surface area (Å²) in [7, 11) is 0. The SMILES string of the molecule is CC(=O)/C=C/c1ccc(Cl)c(C(F)(F)F)c1. The molecule has 0 spiro atoms. The number of hydrogen-bond acceptors (Lipinski definition) is 1. The maximum absolute atomic E-state index is 12.5. The fourth-order valence-electron chi connectivity index (χ4n) is 1.08. The molecule has 1 rings (SSSR count). The van der Waals surface area contributed by atoms with Crippen molar-refractivity contribution in [1.29, 1.82) is 0 Å². The van der Waals surface area contributed by atoms with Gasteiger partial charge in [0, 0.05) is 0 Å². The molecule has 86 valence electrons. The van der Waals surface area contributed by atoms with E-state index in [2.05, 4.69) is 0 Å². The summed E-state index contributed by atoms with van der Waals surface area (Å²) < 4.78 is 37.4. The summed E-state index contributed by atoms with van der Waals surface area (Å²) in [5.41, 5.74) is -0.619. The van der Waals surface area contributed by atoms with Gasteiger partial charge < -0.3 is 0 Å². The highest BCUT2D eigenvalue weighted by molar-refractivity contribution is 6.31. The van der Waals surface area contributed by atoms with Crippen molar-refractivity contribution in [2.24, 2.45) is 0 Å². The van der Waals surface area contributed by atoms with Gasteiger partial charge in [-0.25, -0.2) is 0 Å². The summed E-state index contributed by atoms with van der Waals surface area (Å²) in [5, 5.41) is -0.354. The summed E-state index contributed by atoms with van der Waals surface area (Å²) in [4.78, 5) is 10.6. The molecule has 0 saturated carbocycles. The van der Waals surface area contributed by atoms with Gasteiger partial charge in [0.15, 0.2) is 5.78 Å². The molecule has 0 aliphatic heterocycles. The van der Waals surface area contributed by atoms with E-state index in [-0.39, 0.29) is 16.4 Å². The van der Waals surface area contributed by atoms with Crippen molar-refractivity contribution in [3.63, 3.8) is 0 Å². The molecule has 16 heavy (non-hydrogen) atoms. The largest absolute Gasteiger partial charge is 0.417 e. The molecule has 0 amide bonds. The summed E-state index contributed by atoms with van der Waals surface area (Å²) in [6.07, 6.45) is -1.98. The van der Waals surface area contributed by atoms with E-state index < -0.39 is 11.7 Å². The van der Waals surface area contributed by atoms with Crippen LogP contribution in [0.2, 0.25) is 5.02 Å². The van der Waals surface area contributed by atoms with Gasteiger partial charge in [-0.2, -0.15) is 13.2 Å². The topological polar surface area (TPSA) is 17.1 Å². The molecular weight excluding hydrogens is 241 g/mol. The van der Waals surface area contributed by atoms with Crippen molar-refractivity contribution in [2.45, 2.75) is 13.1 Å². The third kappa shape index (κ3) is 3.38. The van der Waals surface area contributed by atoms with Crippen LogP contribution in [-0.4, -0.2) is 5.78 Å².